The summed E-state index contributed by atoms with van der Waals surface area (Å²) in [5.41, 5.74) is 4.91. The van der Waals surface area contributed by atoms with Crippen LogP contribution in [0.1, 0.15) is 66.7 Å². The Bertz CT molecular complexity index is 776. The molecule has 178 valence electrons. The smallest absolute Gasteiger partial charge is 0.253 e. The minimum Gasteiger partial charge on any atom is -0.380 e. The van der Waals surface area contributed by atoms with Crippen molar-refractivity contribution in [2.45, 2.75) is 51.9 Å². The Labute approximate surface area is 190 Å². The summed E-state index contributed by atoms with van der Waals surface area (Å²) in [5, 5.41) is 4.48. The number of likely N-dealkylation sites (tertiary alicyclic amines) is 1. The van der Waals surface area contributed by atoms with Crippen molar-refractivity contribution < 1.29 is 19.1 Å². The van der Waals surface area contributed by atoms with Gasteiger partial charge in [-0.3, -0.25) is 24.8 Å². The Morgan fingerprint density at radius 3 is 2.53 bits per heavy atom. The third-order valence-corrected chi connectivity index (χ3v) is 5.34. The molecule has 2 N–H and O–H groups in total. The Hall–Kier alpha value is -2.52. The molecule has 0 aliphatic carbocycles. The minimum absolute atomic E-state index is 0.0143. The van der Waals surface area contributed by atoms with Gasteiger partial charge in [0.15, 0.2) is 0 Å². The first kappa shape index (κ1) is 25.7. The van der Waals surface area contributed by atoms with Gasteiger partial charge >= 0.3 is 0 Å². The third-order valence-electron chi connectivity index (χ3n) is 5.34. The Balaban J connectivity index is 1.91. The van der Waals surface area contributed by atoms with Crippen molar-refractivity contribution in [3.05, 3.63) is 29.1 Å². The van der Waals surface area contributed by atoms with Gasteiger partial charge in [0.25, 0.3) is 5.91 Å². The van der Waals surface area contributed by atoms with E-state index in [1.54, 1.807) is 24.0 Å². The highest BCUT2D eigenvalue weighted by molar-refractivity contribution is 5.95. The second-order valence-electron chi connectivity index (χ2n) is 8.34. The van der Waals surface area contributed by atoms with Crippen LogP contribution in [0.5, 0.6) is 0 Å². The Morgan fingerprint density at radius 1 is 1.16 bits per heavy atom. The number of hydrazine groups is 1. The van der Waals surface area contributed by atoms with Gasteiger partial charge in [-0.15, -0.1) is 0 Å². The van der Waals surface area contributed by atoms with Gasteiger partial charge in [-0.1, -0.05) is 6.92 Å². The first-order chi connectivity index (χ1) is 15.3. The summed E-state index contributed by atoms with van der Waals surface area (Å²) < 4.78 is 5.43. The van der Waals surface area contributed by atoms with E-state index in [0.717, 1.165) is 30.7 Å². The summed E-state index contributed by atoms with van der Waals surface area (Å²) in [7, 11) is 3.47. The first-order valence-corrected chi connectivity index (χ1v) is 11.4. The van der Waals surface area contributed by atoms with Gasteiger partial charge in [0.2, 0.25) is 11.8 Å². The number of nitrogens with one attached hydrogen (secondary N) is 2. The molecule has 2 heterocycles. The molecule has 0 spiro atoms. The fourth-order valence-corrected chi connectivity index (χ4v) is 3.74. The maximum absolute atomic E-state index is 12.7. The van der Waals surface area contributed by atoms with Crippen LogP contribution in [0.15, 0.2) is 12.1 Å². The van der Waals surface area contributed by atoms with Crippen molar-refractivity contribution >= 4 is 17.7 Å². The van der Waals surface area contributed by atoms with Crippen molar-refractivity contribution in [2.75, 3.05) is 46.9 Å². The molecule has 0 saturated carbocycles. The number of rotatable bonds is 11. The van der Waals surface area contributed by atoms with Crippen molar-refractivity contribution in [3.8, 4) is 0 Å². The zero-order valence-corrected chi connectivity index (χ0v) is 19.8. The zero-order chi connectivity index (χ0) is 23.5. The maximum Gasteiger partial charge on any atom is 0.253 e. The van der Waals surface area contributed by atoms with Crippen LogP contribution in [0, 0.1) is 6.92 Å². The molecule has 9 heteroatoms. The number of amides is 3. The lowest BCUT2D eigenvalue weighted by molar-refractivity contribution is -0.135. The number of ether oxygens (including phenoxy) is 1. The molecule has 2 rings (SSSR count). The number of aromatic nitrogens is 1. The van der Waals surface area contributed by atoms with Gasteiger partial charge in [0, 0.05) is 64.8 Å². The van der Waals surface area contributed by atoms with Crippen LogP contribution in [0.2, 0.25) is 0 Å². The second-order valence-corrected chi connectivity index (χ2v) is 8.34. The van der Waals surface area contributed by atoms with Gasteiger partial charge in [-0.25, -0.2) is 5.01 Å². The summed E-state index contributed by atoms with van der Waals surface area (Å²) in [4.78, 5) is 43.5. The first-order valence-electron chi connectivity index (χ1n) is 11.4. The van der Waals surface area contributed by atoms with E-state index < -0.39 is 0 Å². The van der Waals surface area contributed by atoms with E-state index in [2.05, 4.69) is 15.7 Å². The molecule has 1 aromatic heterocycles. The lowest BCUT2D eigenvalue weighted by Crippen LogP contribution is -2.40. The standard InChI is InChI=1S/C23H37N5O4/c1-5-15-32-16-12-24-23(31)19-7-6-17(2)25-22(19)18-10-13-28(14-11-18)21(30)9-8-20(29)26-27(3)4/h6-7,18H,5,8-16H2,1-4H3,(H,24,31)(H,26,29). The van der Waals surface area contributed by atoms with Crippen LogP contribution >= 0.6 is 0 Å². The fourth-order valence-electron chi connectivity index (χ4n) is 3.74. The van der Waals surface area contributed by atoms with Crippen LogP contribution in [-0.2, 0) is 14.3 Å². The fraction of sp³-hybridized carbons (Fsp3) is 0.652. The number of hydrogen-bond donors (Lipinski definition) is 2. The lowest BCUT2D eigenvalue weighted by Gasteiger charge is -2.32. The molecule has 3 amide bonds. The number of hydrogen-bond acceptors (Lipinski definition) is 6. The molecule has 0 bridgehead atoms. The molecule has 1 aliphatic rings. The molecule has 32 heavy (non-hydrogen) atoms. The molecule has 0 atom stereocenters. The lowest BCUT2D eigenvalue weighted by atomic mass is 9.89. The highest BCUT2D eigenvalue weighted by Gasteiger charge is 2.28. The average Bonchev–Trinajstić information content (AvgIpc) is 2.76. The SMILES string of the molecule is CCCOCCNC(=O)c1ccc(C)nc1C1CCN(C(=O)CCC(=O)NN(C)C)CC1. The molecule has 0 radical (unpaired) electrons. The number of carbonyl (C=O) groups is 3. The van der Waals surface area contributed by atoms with Crippen molar-refractivity contribution in [1.82, 2.24) is 25.6 Å². The van der Waals surface area contributed by atoms with Crippen molar-refractivity contribution in [1.29, 1.82) is 0 Å². The Morgan fingerprint density at radius 2 is 1.88 bits per heavy atom. The molecule has 9 nitrogen and oxygen atoms in total. The van der Waals surface area contributed by atoms with Crippen LogP contribution in [0.4, 0.5) is 0 Å². The predicted octanol–water partition coefficient (Wildman–Crippen LogP) is 1.63. The van der Waals surface area contributed by atoms with E-state index in [1.807, 2.05) is 26.0 Å². The van der Waals surface area contributed by atoms with Gasteiger partial charge in [0.05, 0.1) is 17.9 Å². The molecular weight excluding hydrogens is 410 g/mol. The summed E-state index contributed by atoms with van der Waals surface area (Å²) in [6.07, 6.45) is 2.80. The van der Waals surface area contributed by atoms with E-state index in [9.17, 15) is 14.4 Å². The summed E-state index contributed by atoms with van der Waals surface area (Å²) in [6.45, 7) is 6.79. The molecule has 0 aromatic carbocycles. The number of pyridine rings is 1. The molecule has 0 unspecified atom stereocenters. The van der Waals surface area contributed by atoms with E-state index in [1.165, 1.54) is 0 Å². The summed E-state index contributed by atoms with van der Waals surface area (Å²) >= 11 is 0. The number of piperidine rings is 1. The van der Waals surface area contributed by atoms with Crippen LogP contribution in [0.3, 0.4) is 0 Å². The number of aryl methyl sites for hydroxylation is 1. The number of carbonyl (C=O) groups excluding carboxylic acids is 3. The van der Waals surface area contributed by atoms with E-state index >= 15 is 0 Å². The van der Waals surface area contributed by atoms with Crippen LogP contribution in [0.25, 0.3) is 0 Å². The molecule has 1 aromatic rings. The van der Waals surface area contributed by atoms with Gasteiger partial charge in [0.1, 0.15) is 0 Å². The Kier molecular flexibility index (Phi) is 10.6. The summed E-state index contributed by atoms with van der Waals surface area (Å²) in [6, 6.07) is 3.68. The maximum atomic E-state index is 12.7. The molecule has 1 aliphatic heterocycles. The van der Waals surface area contributed by atoms with E-state index in [4.69, 9.17) is 4.74 Å². The monoisotopic (exact) mass is 447 g/mol. The van der Waals surface area contributed by atoms with Gasteiger partial charge < -0.3 is 15.0 Å². The summed E-state index contributed by atoms with van der Waals surface area (Å²) in [5.74, 6) is -0.205. The van der Waals surface area contributed by atoms with Gasteiger partial charge in [-0.05, 0) is 38.3 Å². The zero-order valence-electron chi connectivity index (χ0n) is 19.8. The topological polar surface area (TPSA) is 104 Å². The van der Waals surface area contributed by atoms with Gasteiger partial charge in [-0.2, -0.15) is 0 Å². The predicted molar refractivity (Wildman–Crippen MR) is 122 cm³/mol. The van der Waals surface area contributed by atoms with Crippen molar-refractivity contribution in [3.63, 3.8) is 0 Å². The highest BCUT2D eigenvalue weighted by Crippen LogP contribution is 2.29. The molecule has 1 fully saturated rings. The minimum atomic E-state index is -0.169. The highest BCUT2D eigenvalue weighted by atomic mass is 16.5. The normalized spacial score (nSPS) is 14.5. The van der Waals surface area contributed by atoms with E-state index in [0.29, 0.717) is 38.4 Å². The average molecular weight is 448 g/mol. The number of nitrogens with zero attached hydrogens (tertiary/aromatic N) is 3. The van der Waals surface area contributed by atoms with Crippen molar-refractivity contribution in [2.24, 2.45) is 0 Å². The second kappa shape index (κ2) is 13.1. The quantitative estimate of drug-likeness (QED) is 0.395. The molecular formula is C23H37N5O4. The van der Waals surface area contributed by atoms with Crippen LogP contribution in [-0.4, -0.2) is 79.6 Å². The van der Waals surface area contributed by atoms with E-state index in [-0.39, 0.29) is 36.5 Å². The largest absolute Gasteiger partial charge is 0.380 e. The third kappa shape index (κ3) is 8.20. The van der Waals surface area contributed by atoms with Crippen LogP contribution < -0.4 is 10.7 Å². The molecule has 1 saturated heterocycles.